The quantitative estimate of drug-likeness (QED) is 0.353. The topological polar surface area (TPSA) is 89.1 Å². The molecule has 1 aliphatic heterocycles. The van der Waals surface area contributed by atoms with Gasteiger partial charge in [0.05, 0.1) is 6.54 Å². The molecule has 2 rings (SSSR count). The van der Waals surface area contributed by atoms with Crippen molar-refractivity contribution in [2.24, 2.45) is 5.84 Å². The Morgan fingerprint density at radius 2 is 2.05 bits per heavy atom. The molecular formula is C11H17F3N6O. The first kappa shape index (κ1) is 15.7. The summed E-state index contributed by atoms with van der Waals surface area (Å²) in [6.07, 6.45) is -2.67. The van der Waals surface area contributed by atoms with Gasteiger partial charge in [0.2, 0.25) is 11.7 Å². The van der Waals surface area contributed by atoms with Gasteiger partial charge in [-0.15, -0.1) is 10.2 Å². The second kappa shape index (κ2) is 6.39. The fraction of sp³-hybridized carbons (Fsp3) is 0.727. The average molecular weight is 306 g/mol. The number of carbonyl (C=O) groups is 1. The number of hydrogen-bond acceptors (Lipinski definition) is 5. The maximum absolute atomic E-state index is 12.7. The van der Waals surface area contributed by atoms with Crippen molar-refractivity contribution in [2.75, 3.05) is 13.1 Å². The SMILES string of the molecule is NNC(=O)CCCCN1CCn2c(nnc2C(F)(F)F)C1. The Kier molecular flexibility index (Phi) is 4.78. The van der Waals surface area contributed by atoms with Crippen LogP contribution in [-0.2, 0) is 24.1 Å². The number of hydrazine groups is 1. The zero-order valence-corrected chi connectivity index (χ0v) is 11.4. The summed E-state index contributed by atoms with van der Waals surface area (Å²) in [5, 5.41) is 6.84. The molecule has 7 nitrogen and oxygen atoms in total. The van der Waals surface area contributed by atoms with Crippen LogP contribution < -0.4 is 11.3 Å². The molecule has 1 amide bonds. The van der Waals surface area contributed by atoms with Crippen molar-refractivity contribution in [3.63, 3.8) is 0 Å². The molecule has 0 radical (unpaired) electrons. The lowest BCUT2D eigenvalue weighted by molar-refractivity contribution is -0.148. The number of unbranched alkanes of at least 4 members (excludes halogenated alkanes) is 1. The van der Waals surface area contributed by atoms with Gasteiger partial charge in [0.25, 0.3) is 0 Å². The summed E-state index contributed by atoms with van der Waals surface area (Å²) >= 11 is 0. The van der Waals surface area contributed by atoms with Gasteiger partial charge in [-0.3, -0.25) is 15.1 Å². The average Bonchev–Trinajstić information content (AvgIpc) is 2.86. The van der Waals surface area contributed by atoms with E-state index in [0.717, 1.165) is 11.0 Å². The van der Waals surface area contributed by atoms with Gasteiger partial charge >= 0.3 is 6.18 Å². The van der Waals surface area contributed by atoms with Crippen LogP contribution in [-0.4, -0.2) is 38.7 Å². The number of nitrogens with one attached hydrogen (secondary N) is 1. The number of nitrogens with zero attached hydrogens (tertiary/aromatic N) is 4. The molecule has 0 aromatic carbocycles. The van der Waals surface area contributed by atoms with Crippen LogP contribution in [0.15, 0.2) is 0 Å². The number of halogens is 3. The van der Waals surface area contributed by atoms with Crippen LogP contribution in [0.5, 0.6) is 0 Å². The Morgan fingerprint density at radius 1 is 1.29 bits per heavy atom. The number of rotatable bonds is 5. The highest BCUT2D eigenvalue weighted by atomic mass is 19.4. The third-order valence-electron chi connectivity index (χ3n) is 3.37. The molecule has 21 heavy (non-hydrogen) atoms. The van der Waals surface area contributed by atoms with Gasteiger partial charge in [0.15, 0.2) is 0 Å². The first-order valence-electron chi connectivity index (χ1n) is 6.63. The van der Waals surface area contributed by atoms with Crippen LogP contribution in [0.4, 0.5) is 13.2 Å². The second-order valence-electron chi connectivity index (χ2n) is 4.89. The molecule has 1 aromatic rings. The normalized spacial score (nSPS) is 15.8. The van der Waals surface area contributed by atoms with Crippen LogP contribution in [0.25, 0.3) is 0 Å². The van der Waals surface area contributed by atoms with E-state index in [2.05, 4.69) is 15.6 Å². The first-order valence-corrected chi connectivity index (χ1v) is 6.63. The number of alkyl halides is 3. The fourth-order valence-electron chi connectivity index (χ4n) is 2.30. The first-order chi connectivity index (χ1) is 9.91. The number of nitrogens with two attached hydrogens (primary N) is 1. The van der Waals surface area contributed by atoms with Crippen molar-refractivity contribution in [2.45, 2.75) is 38.5 Å². The highest BCUT2D eigenvalue weighted by Gasteiger charge is 2.39. The molecule has 0 bridgehead atoms. The Hall–Kier alpha value is -1.68. The lowest BCUT2D eigenvalue weighted by Gasteiger charge is -2.27. The summed E-state index contributed by atoms with van der Waals surface area (Å²) in [6.45, 7) is 1.77. The van der Waals surface area contributed by atoms with Crippen molar-refractivity contribution < 1.29 is 18.0 Å². The molecule has 0 fully saturated rings. The van der Waals surface area contributed by atoms with E-state index in [1.54, 1.807) is 0 Å². The maximum Gasteiger partial charge on any atom is 0.451 e. The van der Waals surface area contributed by atoms with E-state index in [9.17, 15) is 18.0 Å². The molecule has 3 N–H and O–H groups in total. The minimum absolute atomic E-state index is 0.219. The van der Waals surface area contributed by atoms with Crippen LogP contribution >= 0.6 is 0 Å². The molecule has 0 saturated carbocycles. The van der Waals surface area contributed by atoms with E-state index in [4.69, 9.17) is 5.84 Å². The van der Waals surface area contributed by atoms with Crippen LogP contribution in [0, 0.1) is 0 Å². The van der Waals surface area contributed by atoms with E-state index in [1.165, 1.54) is 0 Å². The van der Waals surface area contributed by atoms with Gasteiger partial charge in [0.1, 0.15) is 5.82 Å². The smallest absolute Gasteiger partial charge is 0.305 e. The van der Waals surface area contributed by atoms with Gasteiger partial charge in [-0.2, -0.15) is 13.2 Å². The summed E-state index contributed by atoms with van der Waals surface area (Å²) in [5.74, 6) is 4.14. The predicted molar refractivity (Wildman–Crippen MR) is 66.5 cm³/mol. The number of hydrogen-bond donors (Lipinski definition) is 2. The second-order valence-corrected chi connectivity index (χ2v) is 4.89. The third-order valence-corrected chi connectivity index (χ3v) is 3.37. The van der Waals surface area contributed by atoms with Gasteiger partial charge in [-0.1, -0.05) is 0 Å². The van der Waals surface area contributed by atoms with E-state index in [0.29, 0.717) is 38.3 Å². The number of aromatic nitrogens is 3. The van der Waals surface area contributed by atoms with E-state index < -0.39 is 12.0 Å². The molecule has 0 aliphatic carbocycles. The molecule has 2 heterocycles. The number of carbonyl (C=O) groups excluding carboxylic acids is 1. The molecule has 10 heteroatoms. The monoisotopic (exact) mass is 306 g/mol. The lowest BCUT2D eigenvalue weighted by Crippen LogP contribution is -2.36. The van der Waals surface area contributed by atoms with E-state index >= 15 is 0 Å². The van der Waals surface area contributed by atoms with Gasteiger partial charge < -0.3 is 4.57 Å². The highest BCUT2D eigenvalue weighted by molar-refractivity contribution is 5.75. The molecule has 0 atom stereocenters. The van der Waals surface area contributed by atoms with Crippen molar-refractivity contribution in [3.8, 4) is 0 Å². The standard InChI is InChI=1S/C11H17F3N6O/c12-11(13,14)10-18-17-8-7-19(5-6-20(8)10)4-2-1-3-9(21)16-15/h1-7,15H2,(H,16,21). The summed E-state index contributed by atoms with van der Waals surface area (Å²) in [6, 6.07) is 0. The molecule has 0 unspecified atom stereocenters. The van der Waals surface area contributed by atoms with Gasteiger partial charge in [-0.25, -0.2) is 5.84 Å². The molecule has 1 aliphatic rings. The molecular weight excluding hydrogens is 289 g/mol. The molecule has 1 aromatic heterocycles. The summed E-state index contributed by atoms with van der Waals surface area (Å²) in [7, 11) is 0. The fourth-order valence-corrected chi connectivity index (χ4v) is 2.30. The number of amides is 1. The zero-order valence-electron chi connectivity index (χ0n) is 11.4. The predicted octanol–water partition coefficient (Wildman–Crippen LogP) is 0.273. The summed E-state index contributed by atoms with van der Waals surface area (Å²) < 4.78 is 39.2. The highest BCUT2D eigenvalue weighted by Crippen LogP contribution is 2.29. The number of fused-ring (bicyclic) bond motifs is 1. The van der Waals surface area contributed by atoms with E-state index in [-0.39, 0.29) is 12.5 Å². The Balaban J connectivity index is 1.84. The summed E-state index contributed by atoms with van der Waals surface area (Å²) in [4.78, 5) is 12.9. The minimum atomic E-state index is -4.47. The summed E-state index contributed by atoms with van der Waals surface area (Å²) in [5.41, 5.74) is 2.05. The Bertz CT molecular complexity index is 501. The lowest BCUT2D eigenvalue weighted by atomic mass is 10.2. The maximum atomic E-state index is 12.7. The van der Waals surface area contributed by atoms with Crippen molar-refractivity contribution in [3.05, 3.63) is 11.6 Å². The molecule has 0 spiro atoms. The third kappa shape index (κ3) is 3.91. The van der Waals surface area contributed by atoms with Gasteiger partial charge in [-0.05, 0) is 19.4 Å². The minimum Gasteiger partial charge on any atom is -0.305 e. The molecule has 0 saturated heterocycles. The van der Waals surface area contributed by atoms with Crippen LogP contribution in [0.3, 0.4) is 0 Å². The van der Waals surface area contributed by atoms with Crippen molar-refractivity contribution >= 4 is 5.91 Å². The van der Waals surface area contributed by atoms with Crippen molar-refractivity contribution in [1.29, 1.82) is 0 Å². The molecule has 118 valence electrons. The Labute approximate surface area is 119 Å². The largest absolute Gasteiger partial charge is 0.451 e. The van der Waals surface area contributed by atoms with E-state index in [1.807, 2.05) is 4.90 Å². The Morgan fingerprint density at radius 3 is 2.71 bits per heavy atom. The van der Waals surface area contributed by atoms with Crippen molar-refractivity contribution in [1.82, 2.24) is 25.1 Å². The van der Waals surface area contributed by atoms with Gasteiger partial charge in [0, 0.05) is 19.5 Å². The van der Waals surface area contributed by atoms with Crippen LogP contribution in [0.1, 0.15) is 30.9 Å². The zero-order chi connectivity index (χ0) is 15.5. The van der Waals surface area contributed by atoms with Crippen LogP contribution in [0.2, 0.25) is 0 Å².